The Labute approximate surface area is 104 Å². The van der Waals surface area contributed by atoms with E-state index in [0.29, 0.717) is 12.6 Å². The molecule has 0 bridgehead atoms. The summed E-state index contributed by atoms with van der Waals surface area (Å²) in [6.07, 6.45) is 1.01. The van der Waals surface area contributed by atoms with Gasteiger partial charge in [0.25, 0.3) is 0 Å². The van der Waals surface area contributed by atoms with Crippen LogP contribution in [-0.2, 0) is 6.61 Å². The molecule has 0 radical (unpaired) electrons. The molecule has 98 valence electrons. The van der Waals surface area contributed by atoms with Gasteiger partial charge in [-0.05, 0) is 0 Å². The lowest BCUT2D eigenvalue weighted by molar-refractivity contribution is 0.111. The van der Waals surface area contributed by atoms with Crippen LogP contribution in [0.1, 0.15) is 26.3 Å². The molecule has 0 saturated heterocycles. The van der Waals surface area contributed by atoms with Gasteiger partial charge in [-0.15, -0.1) is 0 Å². The van der Waals surface area contributed by atoms with Gasteiger partial charge in [0.05, 0.1) is 44.6 Å². The number of hydrogen-bond acceptors (Lipinski definition) is 6. The molecule has 0 saturated carbocycles. The predicted octanol–water partition coefficient (Wildman–Crippen LogP) is 0.830. The molecule has 0 aliphatic carbocycles. The van der Waals surface area contributed by atoms with E-state index in [0.717, 1.165) is 0 Å². The third-order valence-electron chi connectivity index (χ3n) is 2.53. The Hall–Kier alpha value is -2.08. The van der Waals surface area contributed by atoms with Crippen molar-refractivity contribution in [3.63, 3.8) is 0 Å². The summed E-state index contributed by atoms with van der Waals surface area (Å²) in [6.45, 7) is -0.433. The van der Waals surface area contributed by atoms with Gasteiger partial charge in [0.2, 0.25) is 0 Å². The third-order valence-corrected chi connectivity index (χ3v) is 2.53. The number of aliphatic hydroxyl groups excluding tert-OH is 1. The summed E-state index contributed by atoms with van der Waals surface area (Å²) >= 11 is 0. The number of carbonyl (C=O) groups is 2. The molecule has 0 aliphatic rings. The molecule has 6 nitrogen and oxygen atoms in total. The second-order valence-corrected chi connectivity index (χ2v) is 3.30. The zero-order valence-electron chi connectivity index (χ0n) is 10.4. The summed E-state index contributed by atoms with van der Waals surface area (Å²) in [5, 5.41) is 9.33. The molecule has 0 amide bonds. The number of methoxy groups -OCH3 is 3. The van der Waals surface area contributed by atoms with Gasteiger partial charge in [0, 0.05) is 0 Å². The molecule has 0 unspecified atom stereocenters. The van der Waals surface area contributed by atoms with Crippen molar-refractivity contribution in [1.82, 2.24) is 0 Å². The minimum Gasteiger partial charge on any atom is -0.495 e. The van der Waals surface area contributed by atoms with Crippen molar-refractivity contribution < 1.29 is 28.9 Å². The molecule has 18 heavy (non-hydrogen) atoms. The second-order valence-electron chi connectivity index (χ2n) is 3.30. The molecule has 0 atom stereocenters. The van der Waals surface area contributed by atoms with Crippen LogP contribution in [0, 0.1) is 0 Å². The van der Waals surface area contributed by atoms with Crippen molar-refractivity contribution >= 4 is 12.6 Å². The highest BCUT2D eigenvalue weighted by Gasteiger charge is 2.25. The van der Waals surface area contributed by atoms with E-state index in [2.05, 4.69) is 0 Å². The first-order valence-corrected chi connectivity index (χ1v) is 5.06. The Balaban J connectivity index is 3.83. The number of rotatable bonds is 6. The summed E-state index contributed by atoms with van der Waals surface area (Å²) in [4.78, 5) is 22.2. The minimum atomic E-state index is -0.433. The first kappa shape index (κ1) is 14.0. The Morgan fingerprint density at radius 2 is 1.28 bits per heavy atom. The van der Waals surface area contributed by atoms with Crippen molar-refractivity contribution in [2.45, 2.75) is 6.61 Å². The van der Waals surface area contributed by atoms with E-state index in [1.165, 1.54) is 21.3 Å². The number of ether oxygens (including phenoxy) is 3. The maximum Gasteiger partial charge on any atom is 0.157 e. The van der Waals surface area contributed by atoms with Crippen LogP contribution in [0.2, 0.25) is 0 Å². The molecule has 0 aromatic heterocycles. The molecule has 0 heterocycles. The standard InChI is InChI=1S/C12H14O6/c1-16-10-7(4-13)11(17-2)9(6-15)12(18-3)8(10)5-14/h4-5,15H,6H2,1-3H3. The lowest BCUT2D eigenvalue weighted by atomic mass is 10.0. The van der Waals surface area contributed by atoms with E-state index in [-0.39, 0.29) is 33.9 Å². The number of benzene rings is 1. The second kappa shape index (κ2) is 6.02. The normalized spacial score (nSPS) is 9.78. The van der Waals surface area contributed by atoms with E-state index in [1.807, 2.05) is 0 Å². The summed E-state index contributed by atoms with van der Waals surface area (Å²) < 4.78 is 15.2. The van der Waals surface area contributed by atoms with E-state index >= 15 is 0 Å². The Morgan fingerprint density at radius 3 is 1.50 bits per heavy atom. The van der Waals surface area contributed by atoms with Gasteiger partial charge in [0.1, 0.15) is 17.2 Å². The van der Waals surface area contributed by atoms with E-state index in [4.69, 9.17) is 14.2 Å². The van der Waals surface area contributed by atoms with Crippen molar-refractivity contribution in [2.75, 3.05) is 21.3 Å². The maximum atomic E-state index is 11.1. The monoisotopic (exact) mass is 254 g/mol. The first-order chi connectivity index (χ1) is 8.69. The number of hydrogen-bond donors (Lipinski definition) is 1. The Morgan fingerprint density at radius 1 is 0.889 bits per heavy atom. The van der Waals surface area contributed by atoms with Gasteiger partial charge in [0.15, 0.2) is 12.6 Å². The number of aldehydes is 2. The van der Waals surface area contributed by atoms with Crippen LogP contribution < -0.4 is 14.2 Å². The van der Waals surface area contributed by atoms with Crippen LogP contribution in [0.4, 0.5) is 0 Å². The smallest absolute Gasteiger partial charge is 0.157 e. The molecule has 0 aliphatic heterocycles. The molecular formula is C12H14O6. The topological polar surface area (TPSA) is 82.1 Å². The van der Waals surface area contributed by atoms with E-state index in [1.54, 1.807) is 0 Å². The van der Waals surface area contributed by atoms with Crippen molar-refractivity contribution in [3.05, 3.63) is 16.7 Å². The number of aliphatic hydroxyl groups is 1. The van der Waals surface area contributed by atoms with Gasteiger partial charge in [-0.2, -0.15) is 0 Å². The van der Waals surface area contributed by atoms with Crippen molar-refractivity contribution in [2.24, 2.45) is 0 Å². The average Bonchev–Trinajstić information content (AvgIpc) is 2.43. The van der Waals surface area contributed by atoms with Crippen LogP contribution >= 0.6 is 0 Å². The highest BCUT2D eigenvalue weighted by atomic mass is 16.5. The zero-order valence-corrected chi connectivity index (χ0v) is 10.4. The lowest BCUT2D eigenvalue weighted by Crippen LogP contribution is -2.07. The third kappa shape index (κ3) is 2.02. The molecule has 6 heteroatoms. The molecule has 1 N–H and O–H groups in total. The molecule has 0 fully saturated rings. The number of carbonyl (C=O) groups excluding carboxylic acids is 2. The van der Waals surface area contributed by atoms with E-state index in [9.17, 15) is 14.7 Å². The van der Waals surface area contributed by atoms with Crippen LogP contribution in [0.5, 0.6) is 17.2 Å². The molecule has 1 rings (SSSR count). The highest BCUT2D eigenvalue weighted by Crippen LogP contribution is 2.41. The van der Waals surface area contributed by atoms with Crippen LogP contribution in [0.15, 0.2) is 0 Å². The van der Waals surface area contributed by atoms with Gasteiger partial charge >= 0.3 is 0 Å². The Bertz CT molecular complexity index is 429. The first-order valence-electron chi connectivity index (χ1n) is 5.06. The fourth-order valence-electron chi connectivity index (χ4n) is 1.82. The van der Waals surface area contributed by atoms with Crippen LogP contribution in [-0.4, -0.2) is 39.0 Å². The predicted molar refractivity (Wildman–Crippen MR) is 62.8 cm³/mol. The largest absolute Gasteiger partial charge is 0.495 e. The van der Waals surface area contributed by atoms with Crippen LogP contribution in [0.25, 0.3) is 0 Å². The fourth-order valence-corrected chi connectivity index (χ4v) is 1.82. The summed E-state index contributed by atoms with van der Waals surface area (Å²) in [7, 11) is 4.02. The van der Waals surface area contributed by atoms with Crippen molar-refractivity contribution in [3.8, 4) is 17.2 Å². The van der Waals surface area contributed by atoms with Gasteiger partial charge in [-0.1, -0.05) is 0 Å². The molecular weight excluding hydrogens is 240 g/mol. The fraction of sp³-hybridized carbons (Fsp3) is 0.333. The average molecular weight is 254 g/mol. The van der Waals surface area contributed by atoms with E-state index < -0.39 is 6.61 Å². The SMILES string of the molecule is COc1c(C=O)c(OC)c(CO)c(OC)c1C=O. The lowest BCUT2D eigenvalue weighted by Gasteiger charge is -2.18. The summed E-state index contributed by atoms with van der Waals surface area (Å²) in [6, 6.07) is 0. The quantitative estimate of drug-likeness (QED) is 0.757. The highest BCUT2D eigenvalue weighted by molar-refractivity contribution is 5.95. The summed E-state index contributed by atoms with van der Waals surface area (Å²) in [5.74, 6) is 0.324. The molecule has 1 aromatic rings. The molecule has 0 spiro atoms. The van der Waals surface area contributed by atoms with Gasteiger partial charge in [-0.25, -0.2) is 0 Å². The van der Waals surface area contributed by atoms with Crippen molar-refractivity contribution in [1.29, 1.82) is 0 Å². The Kier molecular flexibility index (Phi) is 4.67. The molecule has 1 aromatic carbocycles. The zero-order chi connectivity index (χ0) is 13.7. The van der Waals surface area contributed by atoms with Gasteiger partial charge < -0.3 is 19.3 Å². The maximum absolute atomic E-state index is 11.1. The summed E-state index contributed by atoms with van der Waals surface area (Å²) in [5.41, 5.74) is 0.351. The minimum absolute atomic E-state index is 0.0610. The van der Waals surface area contributed by atoms with Crippen LogP contribution in [0.3, 0.4) is 0 Å². The van der Waals surface area contributed by atoms with Gasteiger partial charge in [-0.3, -0.25) is 9.59 Å².